The number of aromatic amines is 1. The number of methoxy groups -OCH3 is 1. The summed E-state index contributed by atoms with van der Waals surface area (Å²) in [5.74, 6) is -0.644. The fourth-order valence-corrected chi connectivity index (χ4v) is 3.18. The number of esters is 1. The summed E-state index contributed by atoms with van der Waals surface area (Å²) < 4.78 is 10.4. The first kappa shape index (κ1) is 18.5. The first-order valence-corrected chi connectivity index (χ1v) is 9.11. The predicted molar refractivity (Wildman–Crippen MR) is 109 cm³/mol. The number of rotatable bonds is 6. The molecule has 0 radical (unpaired) electrons. The molecule has 0 bridgehead atoms. The van der Waals surface area contributed by atoms with E-state index in [0.717, 1.165) is 16.5 Å². The molecule has 1 amide bonds. The molecule has 0 spiro atoms. The second-order valence-electron chi connectivity index (χ2n) is 6.50. The molecule has 2 N–H and O–H groups in total. The first-order chi connectivity index (χ1) is 14.1. The van der Waals surface area contributed by atoms with Crippen LogP contribution in [0.25, 0.3) is 28.1 Å². The van der Waals surface area contributed by atoms with Crippen LogP contribution in [0.4, 0.5) is 0 Å². The molecule has 4 aromatic rings. The molecule has 1 atom stereocenters. The van der Waals surface area contributed by atoms with E-state index in [1.165, 1.54) is 19.3 Å². The molecule has 0 saturated heterocycles. The number of H-pyrrole nitrogens is 1. The minimum Gasteiger partial charge on any atom is -0.467 e. The number of fused-ring (bicyclic) bond motifs is 2. The summed E-state index contributed by atoms with van der Waals surface area (Å²) in [6.07, 6.45) is 4.89. The number of carbonyl (C=O) groups is 2. The van der Waals surface area contributed by atoms with Crippen LogP contribution in [0.3, 0.4) is 0 Å². The minimum absolute atomic E-state index is 0.305. The van der Waals surface area contributed by atoms with Gasteiger partial charge in [0.1, 0.15) is 11.6 Å². The van der Waals surface area contributed by atoms with E-state index in [1.807, 2.05) is 48.7 Å². The fourth-order valence-electron chi connectivity index (χ4n) is 3.18. The van der Waals surface area contributed by atoms with E-state index < -0.39 is 17.9 Å². The van der Waals surface area contributed by atoms with Crippen LogP contribution in [-0.4, -0.2) is 35.0 Å². The molecule has 0 saturated carbocycles. The van der Waals surface area contributed by atoms with E-state index in [2.05, 4.69) is 15.3 Å². The van der Waals surface area contributed by atoms with Crippen LogP contribution >= 0.6 is 0 Å². The highest BCUT2D eigenvalue weighted by Gasteiger charge is 2.22. The molecule has 0 fully saturated rings. The Labute approximate surface area is 166 Å². The molecule has 1 unspecified atom stereocenters. The van der Waals surface area contributed by atoms with E-state index in [-0.39, 0.29) is 0 Å². The van der Waals surface area contributed by atoms with Gasteiger partial charge in [-0.1, -0.05) is 30.3 Å². The second kappa shape index (κ2) is 8.02. The Morgan fingerprint density at radius 1 is 1.21 bits per heavy atom. The normalized spacial score (nSPS) is 12.4. The van der Waals surface area contributed by atoms with Gasteiger partial charge in [0.25, 0.3) is 0 Å². The van der Waals surface area contributed by atoms with Crippen LogP contribution in [0, 0.1) is 0 Å². The number of benzene rings is 2. The van der Waals surface area contributed by atoms with Crippen LogP contribution < -0.4 is 5.32 Å². The summed E-state index contributed by atoms with van der Waals surface area (Å²) in [5, 5.41) is 3.69. The lowest BCUT2D eigenvalue weighted by atomic mass is 10.0. The Morgan fingerprint density at radius 2 is 2.00 bits per heavy atom. The van der Waals surface area contributed by atoms with Gasteiger partial charge in [-0.15, -0.1) is 0 Å². The molecule has 2 aromatic carbocycles. The fraction of sp³-hybridized carbons (Fsp3) is 0.136. The third-order valence-corrected chi connectivity index (χ3v) is 4.59. The van der Waals surface area contributed by atoms with Crippen molar-refractivity contribution in [1.82, 2.24) is 15.3 Å². The van der Waals surface area contributed by atoms with Crippen LogP contribution in [0.1, 0.15) is 11.5 Å². The highest BCUT2D eigenvalue weighted by molar-refractivity contribution is 5.95. The van der Waals surface area contributed by atoms with Gasteiger partial charge in [-0.25, -0.2) is 9.78 Å². The van der Waals surface area contributed by atoms with E-state index in [0.29, 0.717) is 23.4 Å². The lowest BCUT2D eigenvalue weighted by molar-refractivity contribution is -0.144. The lowest BCUT2D eigenvalue weighted by Crippen LogP contribution is -2.42. The van der Waals surface area contributed by atoms with Gasteiger partial charge in [0, 0.05) is 35.7 Å². The number of carbonyl (C=O) groups excluding carboxylic acids is 2. The van der Waals surface area contributed by atoms with E-state index in [9.17, 15) is 9.59 Å². The van der Waals surface area contributed by atoms with Crippen molar-refractivity contribution in [2.75, 3.05) is 7.11 Å². The predicted octanol–water partition coefficient (Wildman–Crippen LogP) is 3.22. The standard InChI is InChI=1S/C22H19N3O4/c1-28-22(27)18(12-14-13-23-16-7-3-2-6-15(14)16)24-20(26)10-11-21-25-17-8-4-5-9-19(17)29-21/h2-11,13,18,23H,12H2,1H3,(H,24,26)/b11-10+. The van der Waals surface area contributed by atoms with Gasteiger partial charge in [0.15, 0.2) is 5.58 Å². The van der Waals surface area contributed by atoms with Crippen molar-refractivity contribution in [1.29, 1.82) is 0 Å². The van der Waals surface area contributed by atoms with Gasteiger partial charge in [-0.2, -0.15) is 0 Å². The molecular weight excluding hydrogens is 370 g/mol. The average Bonchev–Trinajstić information content (AvgIpc) is 3.35. The third kappa shape index (κ3) is 4.03. The maximum atomic E-state index is 12.4. The van der Waals surface area contributed by atoms with Crippen molar-refractivity contribution >= 4 is 40.0 Å². The van der Waals surface area contributed by atoms with Crippen molar-refractivity contribution in [3.8, 4) is 0 Å². The lowest BCUT2D eigenvalue weighted by Gasteiger charge is -2.15. The SMILES string of the molecule is COC(=O)C(Cc1c[nH]c2ccccc12)NC(=O)/C=C/c1nc2ccccc2o1. The number of nitrogens with one attached hydrogen (secondary N) is 2. The van der Waals surface area contributed by atoms with Crippen LogP contribution in [-0.2, 0) is 20.7 Å². The largest absolute Gasteiger partial charge is 0.467 e. The summed E-state index contributed by atoms with van der Waals surface area (Å²) in [6.45, 7) is 0. The molecule has 29 heavy (non-hydrogen) atoms. The molecule has 7 heteroatoms. The smallest absolute Gasteiger partial charge is 0.328 e. The number of hydrogen-bond acceptors (Lipinski definition) is 5. The van der Waals surface area contributed by atoms with Crippen molar-refractivity contribution in [3.05, 3.63) is 72.3 Å². The zero-order chi connectivity index (χ0) is 20.2. The van der Waals surface area contributed by atoms with Crippen molar-refractivity contribution in [2.45, 2.75) is 12.5 Å². The van der Waals surface area contributed by atoms with Crippen LogP contribution in [0.2, 0.25) is 0 Å². The Kier molecular flexibility index (Phi) is 5.11. The summed E-state index contributed by atoms with van der Waals surface area (Å²) in [4.78, 5) is 32.0. The zero-order valence-corrected chi connectivity index (χ0v) is 15.7. The van der Waals surface area contributed by atoms with Gasteiger partial charge in [-0.05, 0) is 23.8 Å². The Morgan fingerprint density at radius 3 is 2.83 bits per heavy atom. The maximum Gasteiger partial charge on any atom is 0.328 e. The number of aromatic nitrogens is 2. The summed E-state index contributed by atoms with van der Waals surface area (Å²) >= 11 is 0. The highest BCUT2D eigenvalue weighted by atomic mass is 16.5. The highest BCUT2D eigenvalue weighted by Crippen LogP contribution is 2.19. The van der Waals surface area contributed by atoms with Gasteiger partial charge in [0.2, 0.25) is 11.8 Å². The maximum absolute atomic E-state index is 12.4. The van der Waals surface area contributed by atoms with E-state index >= 15 is 0 Å². The Balaban J connectivity index is 1.48. The molecule has 2 aromatic heterocycles. The molecule has 7 nitrogen and oxygen atoms in total. The van der Waals surface area contributed by atoms with Gasteiger partial charge in [0.05, 0.1) is 7.11 Å². The molecule has 0 aliphatic carbocycles. The molecule has 146 valence electrons. The van der Waals surface area contributed by atoms with Crippen LogP contribution in [0.5, 0.6) is 0 Å². The first-order valence-electron chi connectivity index (χ1n) is 9.11. The monoisotopic (exact) mass is 389 g/mol. The number of amides is 1. The van der Waals surface area contributed by atoms with E-state index in [1.54, 1.807) is 6.07 Å². The average molecular weight is 389 g/mol. The van der Waals surface area contributed by atoms with Gasteiger partial charge >= 0.3 is 5.97 Å². The molecular formula is C22H19N3O4. The molecule has 2 heterocycles. The number of oxazole rings is 1. The zero-order valence-electron chi connectivity index (χ0n) is 15.7. The third-order valence-electron chi connectivity index (χ3n) is 4.59. The number of para-hydroxylation sites is 3. The van der Waals surface area contributed by atoms with Gasteiger partial charge in [-0.3, -0.25) is 4.79 Å². The Bertz CT molecular complexity index is 1170. The van der Waals surface area contributed by atoms with Crippen molar-refractivity contribution in [3.63, 3.8) is 0 Å². The summed E-state index contributed by atoms with van der Waals surface area (Å²) in [7, 11) is 1.30. The summed E-state index contributed by atoms with van der Waals surface area (Å²) in [6, 6.07) is 14.3. The van der Waals surface area contributed by atoms with Crippen LogP contribution in [0.15, 0.2) is 65.2 Å². The second-order valence-corrected chi connectivity index (χ2v) is 6.50. The topological polar surface area (TPSA) is 97.2 Å². The number of ether oxygens (including phenoxy) is 1. The van der Waals surface area contributed by atoms with Crippen molar-refractivity contribution < 1.29 is 18.7 Å². The number of nitrogens with zero attached hydrogens (tertiary/aromatic N) is 1. The molecule has 0 aliphatic rings. The Hall–Kier alpha value is -3.87. The van der Waals surface area contributed by atoms with Gasteiger partial charge < -0.3 is 19.5 Å². The summed E-state index contributed by atoms with van der Waals surface area (Å²) in [5.41, 5.74) is 3.23. The molecule has 4 rings (SSSR count). The van der Waals surface area contributed by atoms with E-state index in [4.69, 9.17) is 9.15 Å². The van der Waals surface area contributed by atoms with Crippen molar-refractivity contribution in [2.24, 2.45) is 0 Å². The number of hydrogen-bond donors (Lipinski definition) is 2. The minimum atomic E-state index is -0.819. The molecule has 0 aliphatic heterocycles. The quantitative estimate of drug-likeness (QED) is 0.390.